The van der Waals surface area contributed by atoms with Crippen molar-refractivity contribution in [1.82, 2.24) is 5.32 Å². The minimum absolute atomic E-state index is 0.0341. The minimum atomic E-state index is -0.476. The van der Waals surface area contributed by atoms with Gasteiger partial charge >= 0.3 is 0 Å². The molecular weight excluding hydrogens is 308 g/mol. The Balaban J connectivity index is 1.69. The average molecular weight is 326 g/mol. The molecule has 0 aromatic heterocycles. The van der Waals surface area contributed by atoms with Gasteiger partial charge in [0.1, 0.15) is 12.7 Å². The van der Waals surface area contributed by atoms with Crippen LogP contribution in [0.5, 0.6) is 0 Å². The van der Waals surface area contributed by atoms with E-state index in [0.717, 1.165) is 5.56 Å². The fraction of sp³-hybridized carbons (Fsp3) is 0.222. The molecule has 0 spiro atoms. The van der Waals surface area contributed by atoms with E-state index in [2.05, 4.69) is 10.6 Å². The molecule has 2 amide bonds. The summed E-state index contributed by atoms with van der Waals surface area (Å²) in [6.45, 7) is -0.240. The maximum Gasteiger partial charge on any atom is 0.255 e. The van der Waals surface area contributed by atoms with Crippen LogP contribution in [-0.2, 0) is 9.53 Å². The number of anilines is 1. The summed E-state index contributed by atoms with van der Waals surface area (Å²) in [4.78, 5) is 23.4. The Kier molecular flexibility index (Phi) is 4.88. The third-order valence-electron chi connectivity index (χ3n) is 3.84. The Labute approximate surface area is 139 Å². The first-order chi connectivity index (χ1) is 11.7. The number of carbonyl (C=O) groups excluding carboxylic acids is 2. The van der Waals surface area contributed by atoms with Gasteiger partial charge in [0, 0.05) is 11.3 Å². The predicted octanol–water partition coefficient (Wildman–Crippen LogP) is 1.49. The van der Waals surface area contributed by atoms with Gasteiger partial charge in [-0.2, -0.15) is 0 Å². The largest absolute Gasteiger partial charge is 0.394 e. The van der Waals surface area contributed by atoms with Crippen molar-refractivity contribution >= 4 is 17.5 Å². The van der Waals surface area contributed by atoms with Gasteiger partial charge in [0.05, 0.1) is 12.6 Å². The number of carbonyl (C=O) groups is 2. The van der Waals surface area contributed by atoms with Gasteiger partial charge in [-0.15, -0.1) is 0 Å². The molecule has 0 aliphatic carbocycles. The number of nitrogens with one attached hydrogen (secondary N) is 2. The lowest BCUT2D eigenvalue weighted by Crippen LogP contribution is -2.49. The van der Waals surface area contributed by atoms with E-state index in [-0.39, 0.29) is 25.0 Å². The summed E-state index contributed by atoms with van der Waals surface area (Å²) in [7, 11) is 0. The van der Waals surface area contributed by atoms with E-state index < -0.39 is 12.1 Å². The number of ether oxygens (including phenoxy) is 1. The van der Waals surface area contributed by atoms with Crippen LogP contribution in [0.2, 0.25) is 0 Å². The van der Waals surface area contributed by atoms with Gasteiger partial charge in [0.15, 0.2) is 0 Å². The molecule has 0 saturated carbocycles. The van der Waals surface area contributed by atoms with Crippen LogP contribution < -0.4 is 10.6 Å². The third-order valence-corrected chi connectivity index (χ3v) is 3.84. The molecule has 1 heterocycles. The molecule has 1 aliphatic heterocycles. The zero-order chi connectivity index (χ0) is 16.9. The summed E-state index contributed by atoms with van der Waals surface area (Å²) >= 11 is 0. The average Bonchev–Trinajstić information content (AvgIpc) is 2.63. The molecule has 2 aromatic carbocycles. The van der Waals surface area contributed by atoms with Gasteiger partial charge in [0.25, 0.3) is 5.91 Å². The Morgan fingerprint density at radius 1 is 1.17 bits per heavy atom. The van der Waals surface area contributed by atoms with Crippen molar-refractivity contribution in [3.05, 3.63) is 65.7 Å². The van der Waals surface area contributed by atoms with E-state index in [0.29, 0.717) is 11.3 Å². The number of hydrogen-bond donors (Lipinski definition) is 3. The maximum absolute atomic E-state index is 12.1. The smallest absolute Gasteiger partial charge is 0.255 e. The lowest BCUT2D eigenvalue weighted by molar-refractivity contribution is -0.138. The second-order valence-electron chi connectivity index (χ2n) is 5.53. The molecular formula is C18H18N2O4. The van der Waals surface area contributed by atoms with Crippen molar-refractivity contribution in [3.63, 3.8) is 0 Å². The van der Waals surface area contributed by atoms with Crippen molar-refractivity contribution in [3.8, 4) is 0 Å². The van der Waals surface area contributed by atoms with E-state index in [1.807, 2.05) is 30.3 Å². The first kappa shape index (κ1) is 16.2. The molecule has 0 unspecified atom stereocenters. The van der Waals surface area contributed by atoms with E-state index in [4.69, 9.17) is 4.74 Å². The third kappa shape index (κ3) is 3.61. The fourth-order valence-corrected chi connectivity index (χ4v) is 2.62. The van der Waals surface area contributed by atoms with Crippen molar-refractivity contribution in [2.24, 2.45) is 0 Å². The molecule has 24 heavy (non-hydrogen) atoms. The van der Waals surface area contributed by atoms with E-state index in [1.54, 1.807) is 24.3 Å². The topological polar surface area (TPSA) is 87.7 Å². The van der Waals surface area contributed by atoms with Crippen molar-refractivity contribution in [2.75, 3.05) is 18.5 Å². The Morgan fingerprint density at radius 3 is 2.54 bits per heavy atom. The molecule has 2 aromatic rings. The van der Waals surface area contributed by atoms with Gasteiger partial charge in [-0.05, 0) is 29.8 Å². The second kappa shape index (κ2) is 7.25. The number of benzene rings is 2. The Morgan fingerprint density at radius 2 is 1.88 bits per heavy atom. The van der Waals surface area contributed by atoms with Crippen LogP contribution in [0.4, 0.5) is 5.69 Å². The highest BCUT2D eigenvalue weighted by Crippen LogP contribution is 2.25. The van der Waals surface area contributed by atoms with Crippen molar-refractivity contribution in [1.29, 1.82) is 0 Å². The summed E-state index contributed by atoms with van der Waals surface area (Å²) < 4.78 is 5.51. The standard InChI is InChI=1S/C18H18N2O4/c21-10-15-17(24-11-16(22)20-15)12-6-8-14(9-7-12)19-18(23)13-4-2-1-3-5-13/h1-9,15,17,21H,10-11H2,(H,19,23)(H,20,22)/t15-,17-/m1/s1. The quantitative estimate of drug-likeness (QED) is 0.794. The molecule has 1 saturated heterocycles. The summed E-state index contributed by atoms with van der Waals surface area (Å²) in [6, 6.07) is 15.6. The zero-order valence-corrected chi connectivity index (χ0v) is 12.9. The first-order valence-corrected chi connectivity index (χ1v) is 7.65. The van der Waals surface area contributed by atoms with Crippen LogP contribution in [0.25, 0.3) is 0 Å². The SMILES string of the molecule is O=C1CO[C@H](c2ccc(NC(=O)c3ccccc3)cc2)[C@@H](CO)N1. The summed E-state index contributed by atoms with van der Waals surface area (Å²) in [5.41, 5.74) is 2.07. The fourth-order valence-electron chi connectivity index (χ4n) is 2.62. The van der Waals surface area contributed by atoms with Crippen molar-refractivity contribution in [2.45, 2.75) is 12.1 Å². The van der Waals surface area contributed by atoms with Crippen LogP contribution >= 0.6 is 0 Å². The highest BCUT2D eigenvalue weighted by atomic mass is 16.5. The number of morpholine rings is 1. The minimum Gasteiger partial charge on any atom is -0.394 e. The first-order valence-electron chi connectivity index (χ1n) is 7.65. The van der Waals surface area contributed by atoms with Gasteiger partial charge in [-0.25, -0.2) is 0 Å². The molecule has 0 bridgehead atoms. The molecule has 3 rings (SSSR count). The van der Waals surface area contributed by atoms with Crippen molar-refractivity contribution < 1.29 is 19.4 Å². The van der Waals surface area contributed by atoms with Gasteiger partial charge in [-0.1, -0.05) is 30.3 Å². The number of hydrogen-bond acceptors (Lipinski definition) is 4. The van der Waals surface area contributed by atoms with Crippen LogP contribution in [0, 0.1) is 0 Å². The van der Waals surface area contributed by atoms with E-state index in [9.17, 15) is 14.7 Å². The van der Waals surface area contributed by atoms with E-state index >= 15 is 0 Å². The molecule has 6 nitrogen and oxygen atoms in total. The second-order valence-corrected chi connectivity index (χ2v) is 5.53. The molecule has 6 heteroatoms. The number of rotatable bonds is 4. The monoisotopic (exact) mass is 326 g/mol. The van der Waals surface area contributed by atoms with Gasteiger partial charge in [-0.3, -0.25) is 9.59 Å². The molecule has 0 radical (unpaired) electrons. The normalized spacial score (nSPS) is 20.3. The van der Waals surface area contributed by atoms with Crippen LogP contribution in [0.15, 0.2) is 54.6 Å². The van der Waals surface area contributed by atoms with Crippen LogP contribution in [0.3, 0.4) is 0 Å². The van der Waals surface area contributed by atoms with Gasteiger partial charge < -0.3 is 20.5 Å². The van der Waals surface area contributed by atoms with Crippen LogP contribution in [0.1, 0.15) is 22.0 Å². The molecule has 124 valence electrons. The maximum atomic E-state index is 12.1. The molecule has 2 atom stereocenters. The lowest BCUT2D eigenvalue weighted by atomic mass is 10.0. The highest BCUT2D eigenvalue weighted by Gasteiger charge is 2.30. The molecule has 3 N–H and O–H groups in total. The summed E-state index contributed by atoms with van der Waals surface area (Å²) in [5.74, 6) is -0.421. The summed E-state index contributed by atoms with van der Waals surface area (Å²) in [5, 5.41) is 14.9. The predicted molar refractivity (Wildman–Crippen MR) is 88.5 cm³/mol. The number of aliphatic hydroxyl groups is 1. The van der Waals surface area contributed by atoms with E-state index in [1.165, 1.54) is 0 Å². The Hall–Kier alpha value is -2.70. The zero-order valence-electron chi connectivity index (χ0n) is 12.9. The number of aliphatic hydroxyl groups excluding tert-OH is 1. The molecule has 1 aliphatic rings. The van der Waals surface area contributed by atoms with Gasteiger partial charge in [0.2, 0.25) is 5.91 Å². The highest BCUT2D eigenvalue weighted by molar-refractivity contribution is 6.04. The Bertz CT molecular complexity index is 716. The molecule has 1 fully saturated rings. The lowest BCUT2D eigenvalue weighted by Gasteiger charge is -2.31. The van der Waals surface area contributed by atoms with Crippen LogP contribution in [-0.4, -0.2) is 36.2 Å². The number of amides is 2. The summed E-state index contributed by atoms with van der Waals surface area (Å²) in [6.07, 6.45) is -0.411.